The third-order valence-electron chi connectivity index (χ3n) is 12.2. The number of hydrogen-bond donors (Lipinski definition) is 0. The number of rotatable bonds is 3. The molecule has 0 spiro atoms. The van der Waals surface area contributed by atoms with Gasteiger partial charge in [0.1, 0.15) is 11.5 Å². The second kappa shape index (κ2) is 6.93. The lowest BCUT2D eigenvalue weighted by molar-refractivity contribution is -0.141. The van der Waals surface area contributed by atoms with Gasteiger partial charge in [0, 0.05) is 23.3 Å². The lowest BCUT2D eigenvalue weighted by Gasteiger charge is -2.67. The fourth-order valence-corrected chi connectivity index (χ4v) is 8.85. The van der Waals surface area contributed by atoms with Gasteiger partial charge >= 0.3 is 0 Å². The van der Waals surface area contributed by atoms with Crippen LogP contribution in [0.25, 0.3) is 10.8 Å². The summed E-state index contributed by atoms with van der Waals surface area (Å²) in [6.07, 6.45) is 0.0967. The molecule has 0 bridgehead atoms. The summed E-state index contributed by atoms with van der Waals surface area (Å²) in [6, 6.07) is 6.49. The van der Waals surface area contributed by atoms with E-state index in [0.717, 1.165) is 16.9 Å². The molecule has 0 aromatic heterocycles. The maximum absolute atomic E-state index is 6.51. The summed E-state index contributed by atoms with van der Waals surface area (Å²) in [7, 11) is 5.44. The van der Waals surface area contributed by atoms with Crippen molar-refractivity contribution in [3.63, 3.8) is 0 Å². The topological polar surface area (TPSA) is 27.7 Å². The van der Waals surface area contributed by atoms with E-state index in [0.29, 0.717) is 0 Å². The molecule has 0 N–H and O–H groups in total. The average molecular weight is 467 g/mol. The van der Waals surface area contributed by atoms with Crippen LogP contribution in [0.5, 0.6) is 11.5 Å². The van der Waals surface area contributed by atoms with Gasteiger partial charge in [-0.05, 0) is 62.8 Å². The molecule has 0 heterocycles. The van der Waals surface area contributed by atoms with Gasteiger partial charge in [0.2, 0.25) is 0 Å². The highest BCUT2D eigenvalue weighted by molar-refractivity contribution is 5.96. The second-order valence-corrected chi connectivity index (χ2v) is 13.4. The van der Waals surface area contributed by atoms with Crippen LogP contribution >= 0.6 is 0 Å². The minimum atomic E-state index is -0.163. The maximum atomic E-state index is 6.51. The third-order valence-corrected chi connectivity index (χ3v) is 12.2. The van der Waals surface area contributed by atoms with E-state index in [-0.39, 0.29) is 38.6 Å². The van der Waals surface area contributed by atoms with Crippen molar-refractivity contribution in [2.24, 2.45) is 21.7 Å². The van der Waals surface area contributed by atoms with Gasteiger partial charge in [0.25, 0.3) is 0 Å². The molecule has 34 heavy (non-hydrogen) atoms. The quantitative estimate of drug-likeness (QED) is 0.461. The fourth-order valence-electron chi connectivity index (χ4n) is 8.85. The Morgan fingerprint density at radius 1 is 0.706 bits per heavy atom. The fraction of sp³-hybridized carbons (Fsp3) is 0.677. The van der Waals surface area contributed by atoms with Gasteiger partial charge < -0.3 is 14.2 Å². The lowest BCUT2D eigenvalue weighted by Crippen LogP contribution is -2.65. The summed E-state index contributed by atoms with van der Waals surface area (Å²) in [4.78, 5) is 0. The first kappa shape index (κ1) is 25.4. The van der Waals surface area contributed by atoms with E-state index in [9.17, 15) is 0 Å². The zero-order valence-electron chi connectivity index (χ0n) is 24.0. The van der Waals surface area contributed by atoms with E-state index >= 15 is 0 Å². The Bertz CT molecular complexity index is 1170. The van der Waals surface area contributed by atoms with Crippen LogP contribution in [-0.4, -0.2) is 27.4 Å². The van der Waals surface area contributed by atoms with Gasteiger partial charge in [-0.3, -0.25) is 0 Å². The predicted molar refractivity (Wildman–Crippen MR) is 142 cm³/mol. The molecule has 0 aliphatic heterocycles. The standard InChI is InChI=1S/C31H46O3/c1-18-22-23(20-16-15-19(32-12)17-21(20)24(18)33-13)26(2,3)28(6,7)31(11)25(34-14)27(4,5)29(8,9)30(22,31)10/h15-17,25H,1-14H3. The minimum Gasteiger partial charge on any atom is -0.497 e. The molecule has 3 atom stereocenters. The van der Waals surface area contributed by atoms with Gasteiger partial charge in [-0.2, -0.15) is 0 Å². The number of ether oxygens (including phenoxy) is 3. The maximum Gasteiger partial charge on any atom is 0.130 e. The molecular weight excluding hydrogens is 420 g/mol. The van der Waals surface area contributed by atoms with E-state index in [4.69, 9.17) is 14.2 Å². The minimum absolute atomic E-state index is 0.0469. The lowest BCUT2D eigenvalue weighted by atomic mass is 9.36. The van der Waals surface area contributed by atoms with Crippen LogP contribution in [0, 0.1) is 28.6 Å². The summed E-state index contributed by atoms with van der Waals surface area (Å²) in [5.74, 6) is 1.82. The Morgan fingerprint density at radius 2 is 1.29 bits per heavy atom. The van der Waals surface area contributed by atoms with Crippen molar-refractivity contribution in [2.75, 3.05) is 21.3 Å². The SMILES string of the molecule is COc1ccc2c3c(c(C)c(OC)c2c1)C1(C)C(C)(C)C(C)(C)C(OC)C1(C)C(C)(C)C3(C)C. The smallest absolute Gasteiger partial charge is 0.130 e. The first-order chi connectivity index (χ1) is 15.5. The van der Waals surface area contributed by atoms with Gasteiger partial charge in [0.05, 0.1) is 20.3 Å². The van der Waals surface area contributed by atoms with E-state index in [2.05, 4.69) is 94.4 Å². The average Bonchev–Trinajstić information content (AvgIpc) is 2.84. The number of hydrogen-bond acceptors (Lipinski definition) is 3. The molecule has 4 rings (SSSR count). The van der Waals surface area contributed by atoms with Crippen molar-refractivity contribution >= 4 is 10.8 Å². The molecule has 3 nitrogen and oxygen atoms in total. The Hall–Kier alpha value is -1.74. The van der Waals surface area contributed by atoms with Crippen molar-refractivity contribution in [1.29, 1.82) is 0 Å². The molecule has 2 aromatic carbocycles. The van der Waals surface area contributed by atoms with Crippen molar-refractivity contribution < 1.29 is 14.2 Å². The molecule has 188 valence electrons. The van der Waals surface area contributed by atoms with Crippen LogP contribution in [0.15, 0.2) is 18.2 Å². The van der Waals surface area contributed by atoms with E-state index in [1.807, 2.05) is 7.11 Å². The molecule has 1 fully saturated rings. The van der Waals surface area contributed by atoms with Gasteiger partial charge in [-0.25, -0.2) is 0 Å². The van der Waals surface area contributed by atoms with Crippen LogP contribution < -0.4 is 9.47 Å². The molecule has 2 aliphatic rings. The first-order valence-corrected chi connectivity index (χ1v) is 12.7. The molecular formula is C31H46O3. The largest absolute Gasteiger partial charge is 0.497 e. The van der Waals surface area contributed by atoms with Crippen LogP contribution in [0.3, 0.4) is 0 Å². The third kappa shape index (κ3) is 2.29. The van der Waals surface area contributed by atoms with Gasteiger partial charge in [-0.1, -0.05) is 75.3 Å². The highest BCUT2D eigenvalue weighted by Gasteiger charge is 2.80. The molecule has 2 aromatic rings. The molecule has 0 amide bonds. The summed E-state index contributed by atoms with van der Waals surface area (Å²) in [6.45, 7) is 26.9. The van der Waals surface area contributed by atoms with Crippen molar-refractivity contribution in [2.45, 2.75) is 93.1 Å². The number of fused-ring (bicyclic) bond motifs is 5. The van der Waals surface area contributed by atoms with Gasteiger partial charge in [-0.15, -0.1) is 0 Å². The monoisotopic (exact) mass is 466 g/mol. The van der Waals surface area contributed by atoms with Crippen molar-refractivity contribution in [3.05, 3.63) is 34.9 Å². The van der Waals surface area contributed by atoms with E-state index in [1.54, 1.807) is 14.2 Å². The van der Waals surface area contributed by atoms with Crippen LogP contribution in [-0.2, 0) is 15.6 Å². The zero-order valence-corrected chi connectivity index (χ0v) is 24.0. The highest BCUT2D eigenvalue weighted by Crippen LogP contribution is 2.81. The van der Waals surface area contributed by atoms with Crippen LogP contribution in [0.4, 0.5) is 0 Å². The van der Waals surface area contributed by atoms with Gasteiger partial charge in [0.15, 0.2) is 0 Å². The molecule has 1 saturated carbocycles. The van der Waals surface area contributed by atoms with Crippen LogP contribution in [0.2, 0.25) is 0 Å². The van der Waals surface area contributed by atoms with Crippen molar-refractivity contribution in [3.8, 4) is 11.5 Å². The number of methoxy groups -OCH3 is 3. The Labute approximate surface area is 207 Å². The number of benzene rings is 2. The van der Waals surface area contributed by atoms with Crippen molar-refractivity contribution in [1.82, 2.24) is 0 Å². The Morgan fingerprint density at radius 3 is 1.79 bits per heavy atom. The van der Waals surface area contributed by atoms with E-state index < -0.39 is 0 Å². The molecule has 3 heteroatoms. The first-order valence-electron chi connectivity index (χ1n) is 12.7. The highest BCUT2D eigenvalue weighted by atomic mass is 16.5. The Kier molecular flexibility index (Phi) is 5.17. The Balaban J connectivity index is 2.34. The molecule has 3 unspecified atom stereocenters. The molecule has 2 aliphatic carbocycles. The summed E-state index contributed by atoms with van der Waals surface area (Å²) < 4.78 is 18.3. The molecule has 0 saturated heterocycles. The molecule has 0 radical (unpaired) electrons. The predicted octanol–water partition coefficient (Wildman–Crippen LogP) is 7.83. The van der Waals surface area contributed by atoms with E-state index in [1.165, 1.54) is 22.1 Å². The second-order valence-electron chi connectivity index (χ2n) is 13.4. The normalized spacial score (nSPS) is 32.2. The zero-order chi connectivity index (χ0) is 25.9. The summed E-state index contributed by atoms with van der Waals surface area (Å²) >= 11 is 0. The summed E-state index contributed by atoms with van der Waals surface area (Å²) in [5.41, 5.74) is 3.58. The van der Waals surface area contributed by atoms with Crippen LogP contribution in [0.1, 0.15) is 85.9 Å². The summed E-state index contributed by atoms with van der Waals surface area (Å²) in [5, 5.41) is 2.40.